The summed E-state index contributed by atoms with van der Waals surface area (Å²) in [5.74, 6) is -2.02. The van der Waals surface area contributed by atoms with Crippen molar-refractivity contribution in [3.05, 3.63) is 23.3 Å². The van der Waals surface area contributed by atoms with E-state index in [0.717, 1.165) is 24.8 Å². The largest absolute Gasteiger partial charge is 0.397 e. The van der Waals surface area contributed by atoms with Gasteiger partial charge in [-0.1, -0.05) is 60.1 Å². The molecule has 0 aromatic rings. The Morgan fingerprint density at radius 2 is 1.66 bits per heavy atom. The Kier molecular flexibility index (Phi) is 6.45. The molecule has 5 nitrogen and oxygen atoms in total. The number of fused-ring (bicyclic) bond motifs is 7. The number of carbonyl (C=O) groups is 3. The van der Waals surface area contributed by atoms with Crippen molar-refractivity contribution in [1.82, 2.24) is 5.32 Å². The SMILES string of the molecule is CC1(C)CC[C@]2(NC(=O)CC(F)(F)F)CC[C@]3(C)[C@H](C(=O)C=C4[C@@]5(C)C=C(C#N)C(=O)C(C)(C)[C@@H]5CC[C@]43C)[C@H]2C1. The lowest BCUT2D eigenvalue weighted by atomic mass is 9.35. The molecule has 5 aliphatic rings. The number of hydrogen-bond acceptors (Lipinski definition) is 4. The second kappa shape index (κ2) is 8.80. The number of rotatable bonds is 2. The Hall–Kier alpha value is -2.43. The number of nitriles is 1. The molecular formula is C33H43F3N2O3. The number of hydrogen-bond donors (Lipinski definition) is 1. The third-order valence-corrected chi connectivity index (χ3v) is 12.6. The Bertz CT molecular complexity index is 1320. The van der Waals surface area contributed by atoms with Crippen LogP contribution in [0.5, 0.6) is 0 Å². The highest BCUT2D eigenvalue weighted by Gasteiger charge is 2.70. The predicted molar refractivity (Wildman–Crippen MR) is 148 cm³/mol. The monoisotopic (exact) mass is 572 g/mol. The quantitative estimate of drug-likeness (QED) is 0.385. The van der Waals surface area contributed by atoms with E-state index in [0.29, 0.717) is 25.7 Å². The Balaban J connectivity index is 1.63. The van der Waals surface area contributed by atoms with E-state index in [4.69, 9.17) is 0 Å². The molecule has 0 heterocycles. The molecule has 0 aromatic heterocycles. The van der Waals surface area contributed by atoms with Gasteiger partial charge < -0.3 is 5.32 Å². The van der Waals surface area contributed by atoms with Crippen LogP contribution in [0.4, 0.5) is 13.2 Å². The van der Waals surface area contributed by atoms with Gasteiger partial charge in [0.25, 0.3) is 0 Å². The fourth-order valence-electron chi connectivity index (χ4n) is 10.4. The van der Waals surface area contributed by atoms with Gasteiger partial charge >= 0.3 is 6.18 Å². The van der Waals surface area contributed by atoms with Crippen LogP contribution < -0.4 is 5.32 Å². The first-order chi connectivity index (χ1) is 18.7. The van der Waals surface area contributed by atoms with Crippen molar-refractivity contribution in [3.8, 4) is 6.07 Å². The van der Waals surface area contributed by atoms with Gasteiger partial charge in [0.05, 0.1) is 5.57 Å². The van der Waals surface area contributed by atoms with E-state index >= 15 is 0 Å². The van der Waals surface area contributed by atoms with E-state index in [2.05, 4.69) is 46.0 Å². The molecule has 0 radical (unpaired) electrons. The molecule has 7 atom stereocenters. The van der Waals surface area contributed by atoms with Gasteiger partial charge in [-0.15, -0.1) is 0 Å². The van der Waals surface area contributed by atoms with Crippen LogP contribution >= 0.6 is 0 Å². The van der Waals surface area contributed by atoms with Crippen LogP contribution in [0.2, 0.25) is 0 Å². The molecule has 8 heteroatoms. The summed E-state index contributed by atoms with van der Waals surface area (Å²) in [6, 6.07) is 2.12. The van der Waals surface area contributed by atoms with Crippen molar-refractivity contribution in [2.24, 2.45) is 44.8 Å². The average Bonchev–Trinajstić information content (AvgIpc) is 2.82. The molecular weight excluding hydrogens is 529 g/mol. The summed E-state index contributed by atoms with van der Waals surface area (Å²) in [4.78, 5) is 40.4. The van der Waals surface area contributed by atoms with Gasteiger partial charge in [0.2, 0.25) is 5.91 Å². The van der Waals surface area contributed by atoms with E-state index in [-0.39, 0.29) is 34.4 Å². The Morgan fingerprint density at radius 1 is 1.02 bits per heavy atom. The minimum atomic E-state index is -4.60. The molecule has 5 aliphatic carbocycles. The molecule has 0 spiro atoms. The van der Waals surface area contributed by atoms with Gasteiger partial charge in [0.1, 0.15) is 12.5 Å². The molecule has 3 saturated carbocycles. The van der Waals surface area contributed by atoms with E-state index in [1.54, 1.807) is 12.2 Å². The summed E-state index contributed by atoms with van der Waals surface area (Å²) in [5.41, 5.74) is -2.18. The topological polar surface area (TPSA) is 87.0 Å². The predicted octanol–water partition coefficient (Wildman–Crippen LogP) is 7.03. The normalized spacial score (nSPS) is 42.8. The first kappa shape index (κ1) is 30.0. The molecule has 224 valence electrons. The molecule has 0 aromatic carbocycles. The molecule has 0 unspecified atom stereocenters. The zero-order valence-electron chi connectivity index (χ0n) is 25.3. The second-order valence-corrected chi connectivity index (χ2v) is 15.8. The number of ketones is 2. The zero-order valence-corrected chi connectivity index (χ0v) is 25.3. The molecule has 0 bridgehead atoms. The third kappa shape index (κ3) is 4.19. The maximum Gasteiger partial charge on any atom is 0.397 e. The smallest absolute Gasteiger partial charge is 0.350 e. The zero-order chi connectivity index (χ0) is 30.6. The van der Waals surface area contributed by atoms with Crippen molar-refractivity contribution in [2.45, 2.75) is 112 Å². The molecule has 0 saturated heterocycles. The number of Topliss-reactive ketones (excluding diaryl/α,β-unsaturated/α-hetero) is 1. The van der Waals surface area contributed by atoms with E-state index < -0.39 is 51.6 Å². The molecule has 1 amide bonds. The summed E-state index contributed by atoms with van der Waals surface area (Å²) in [5, 5.41) is 12.7. The van der Waals surface area contributed by atoms with Crippen molar-refractivity contribution in [3.63, 3.8) is 0 Å². The van der Waals surface area contributed by atoms with Crippen LogP contribution in [0.25, 0.3) is 0 Å². The fraction of sp³-hybridized carbons (Fsp3) is 0.758. The number of amides is 1. The van der Waals surface area contributed by atoms with Crippen LogP contribution in [-0.2, 0) is 14.4 Å². The van der Waals surface area contributed by atoms with Crippen molar-refractivity contribution in [2.75, 3.05) is 0 Å². The van der Waals surface area contributed by atoms with Gasteiger partial charge in [-0.3, -0.25) is 14.4 Å². The van der Waals surface area contributed by atoms with Crippen LogP contribution in [0.15, 0.2) is 23.3 Å². The number of allylic oxidation sites excluding steroid dienone is 4. The van der Waals surface area contributed by atoms with Gasteiger partial charge in [0, 0.05) is 22.3 Å². The lowest BCUT2D eigenvalue weighted by Crippen LogP contribution is -2.69. The van der Waals surface area contributed by atoms with Crippen LogP contribution in [0.3, 0.4) is 0 Å². The summed E-state index contributed by atoms with van der Waals surface area (Å²) in [7, 11) is 0. The van der Waals surface area contributed by atoms with Gasteiger partial charge in [-0.25, -0.2) is 0 Å². The number of alkyl halides is 3. The van der Waals surface area contributed by atoms with Crippen molar-refractivity contribution < 1.29 is 27.6 Å². The molecule has 0 aliphatic heterocycles. The highest BCUT2D eigenvalue weighted by atomic mass is 19.4. The molecule has 41 heavy (non-hydrogen) atoms. The highest BCUT2D eigenvalue weighted by Crippen LogP contribution is 2.73. The third-order valence-electron chi connectivity index (χ3n) is 12.6. The summed E-state index contributed by atoms with van der Waals surface area (Å²) < 4.78 is 39.5. The van der Waals surface area contributed by atoms with Crippen molar-refractivity contribution in [1.29, 1.82) is 5.26 Å². The first-order valence-electron chi connectivity index (χ1n) is 15.0. The van der Waals surface area contributed by atoms with Gasteiger partial charge in [0.15, 0.2) is 11.6 Å². The Morgan fingerprint density at radius 3 is 2.27 bits per heavy atom. The fourth-order valence-corrected chi connectivity index (χ4v) is 10.4. The lowest BCUT2D eigenvalue weighted by Gasteiger charge is -2.69. The minimum absolute atomic E-state index is 0.0414. The number of halogens is 3. The van der Waals surface area contributed by atoms with Crippen LogP contribution in [0.1, 0.15) is 99.8 Å². The number of carbonyl (C=O) groups excluding carboxylic acids is 3. The van der Waals surface area contributed by atoms with Gasteiger partial charge in [-0.05, 0) is 79.1 Å². The first-order valence-corrected chi connectivity index (χ1v) is 15.0. The van der Waals surface area contributed by atoms with E-state index in [1.165, 1.54) is 0 Å². The summed E-state index contributed by atoms with van der Waals surface area (Å²) in [6.07, 6.45) is 2.05. The molecule has 5 rings (SSSR count). The Labute approximate surface area is 241 Å². The lowest BCUT2D eigenvalue weighted by molar-refractivity contribution is -0.170. The minimum Gasteiger partial charge on any atom is -0.350 e. The maximum absolute atomic E-state index is 14.4. The maximum atomic E-state index is 14.4. The van der Waals surface area contributed by atoms with Crippen LogP contribution in [-0.4, -0.2) is 29.2 Å². The van der Waals surface area contributed by atoms with Gasteiger partial charge in [-0.2, -0.15) is 18.4 Å². The average molecular weight is 573 g/mol. The summed E-state index contributed by atoms with van der Waals surface area (Å²) in [6.45, 7) is 14.5. The molecule has 1 N–H and O–H groups in total. The van der Waals surface area contributed by atoms with Crippen LogP contribution in [0, 0.1) is 56.2 Å². The second-order valence-electron chi connectivity index (χ2n) is 15.8. The highest BCUT2D eigenvalue weighted by molar-refractivity contribution is 6.04. The number of nitrogens with zero attached hydrogens (tertiary/aromatic N) is 1. The molecule has 3 fully saturated rings. The van der Waals surface area contributed by atoms with Crippen molar-refractivity contribution >= 4 is 17.5 Å². The summed E-state index contributed by atoms with van der Waals surface area (Å²) >= 11 is 0. The number of nitrogens with one attached hydrogen (secondary N) is 1. The van der Waals surface area contributed by atoms with E-state index in [9.17, 15) is 32.8 Å². The van der Waals surface area contributed by atoms with E-state index in [1.807, 2.05) is 13.8 Å². The standard InChI is InChI=1S/C33H43F3N2O3/c1-27(2)10-12-32(38-24(40)17-33(34,35)36)13-11-31(7)25(20(32)16-27)21(39)14-23-29(5)15-19(18-37)26(41)28(3,4)22(29)8-9-30(23,31)6/h14-15,20,22,25H,8-13,16-17H2,1-7H3,(H,38,40)/t20-,22+,25+,29+,30-,31-,32+/m1/s1.